The first-order chi connectivity index (χ1) is 8.29. The van der Waals surface area contributed by atoms with Crippen molar-refractivity contribution in [3.05, 3.63) is 24.0 Å². The molecule has 0 aliphatic heterocycles. The number of rotatable bonds is 2. The molecule has 1 unspecified atom stereocenters. The van der Waals surface area contributed by atoms with Crippen LogP contribution in [0.1, 0.15) is 32.0 Å². The minimum absolute atomic E-state index is 0.277. The number of fused-ring (bicyclic) bond motifs is 1. The smallest absolute Gasteiger partial charge is 0.177 e. The van der Waals surface area contributed by atoms with Gasteiger partial charge in [-0.05, 0) is 24.0 Å². The molecule has 1 N–H and O–H groups in total. The van der Waals surface area contributed by atoms with Gasteiger partial charge in [-0.25, -0.2) is 13.4 Å². The number of benzene rings is 1. The number of nitrogens with one attached hydrogen (secondary N) is 1. The monoisotopic (exact) mass is 264 g/mol. The maximum atomic E-state index is 11.7. The van der Waals surface area contributed by atoms with Crippen molar-refractivity contribution in [2.45, 2.75) is 31.1 Å². The van der Waals surface area contributed by atoms with Crippen LogP contribution in [-0.4, -0.2) is 24.6 Å². The molecule has 1 aromatic carbocycles. The Morgan fingerprint density at radius 2 is 2.06 bits per heavy atom. The topological polar surface area (TPSA) is 62.8 Å². The Balaban J connectivity index is 2.19. The standard InChI is InChI=1S/C13H16N2O2S/c1-13(2)7-8(13)12-14-9-5-4-6-10(11(9)15-12)18(3,16)17/h4-6,8H,7H2,1-3H3,(H,14,15). The van der Waals surface area contributed by atoms with Crippen molar-refractivity contribution in [2.75, 3.05) is 6.26 Å². The maximum absolute atomic E-state index is 11.7. The molecule has 1 heterocycles. The molecule has 1 aliphatic carbocycles. The Hall–Kier alpha value is -1.36. The van der Waals surface area contributed by atoms with E-state index in [4.69, 9.17) is 0 Å². The number of aromatic nitrogens is 2. The molecule has 96 valence electrons. The van der Waals surface area contributed by atoms with Gasteiger partial charge in [0.05, 0.1) is 10.4 Å². The molecular formula is C13H16N2O2S. The van der Waals surface area contributed by atoms with E-state index in [9.17, 15) is 8.42 Å². The fraction of sp³-hybridized carbons (Fsp3) is 0.462. The van der Waals surface area contributed by atoms with E-state index in [1.165, 1.54) is 6.26 Å². The third kappa shape index (κ3) is 1.73. The first kappa shape index (κ1) is 11.7. The van der Waals surface area contributed by atoms with E-state index in [0.29, 0.717) is 16.3 Å². The number of aromatic amines is 1. The van der Waals surface area contributed by atoms with Crippen LogP contribution >= 0.6 is 0 Å². The van der Waals surface area contributed by atoms with Gasteiger partial charge in [0.15, 0.2) is 9.84 Å². The molecule has 0 spiro atoms. The van der Waals surface area contributed by atoms with Crippen LogP contribution in [0.2, 0.25) is 0 Å². The average Bonchev–Trinajstić information content (AvgIpc) is 2.72. The summed E-state index contributed by atoms with van der Waals surface area (Å²) in [6.45, 7) is 4.39. The van der Waals surface area contributed by atoms with Crippen molar-refractivity contribution >= 4 is 20.9 Å². The molecule has 1 aromatic heterocycles. The number of nitrogens with zero attached hydrogens (tertiary/aromatic N) is 1. The molecule has 0 radical (unpaired) electrons. The molecule has 5 heteroatoms. The third-order valence-electron chi connectivity index (χ3n) is 3.74. The second kappa shape index (κ2) is 3.35. The van der Waals surface area contributed by atoms with Gasteiger partial charge < -0.3 is 4.98 Å². The Labute approximate surface area is 106 Å². The molecule has 18 heavy (non-hydrogen) atoms. The van der Waals surface area contributed by atoms with E-state index in [-0.39, 0.29) is 5.41 Å². The van der Waals surface area contributed by atoms with E-state index in [1.54, 1.807) is 12.1 Å². The van der Waals surface area contributed by atoms with E-state index >= 15 is 0 Å². The highest BCUT2D eigenvalue weighted by Crippen LogP contribution is 2.57. The molecule has 4 nitrogen and oxygen atoms in total. The lowest BCUT2D eigenvalue weighted by Crippen LogP contribution is -1.98. The molecule has 0 saturated heterocycles. The van der Waals surface area contributed by atoms with Gasteiger partial charge in [0, 0.05) is 12.2 Å². The summed E-state index contributed by atoms with van der Waals surface area (Å²) in [7, 11) is -3.23. The Morgan fingerprint density at radius 1 is 1.39 bits per heavy atom. The second-order valence-electron chi connectivity index (χ2n) is 5.79. The Bertz CT molecular complexity index is 729. The van der Waals surface area contributed by atoms with Gasteiger partial charge in [-0.3, -0.25) is 0 Å². The fourth-order valence-electron chi connectivity index (χ4n) is 2.42. The fourth-order valence-corrected chi connectivity index (χ4v) is 3.26. The van der Waals surface area contributed by atoms with Gasteiger partial charge in [-0.1, -0.05) is 19.9 Å². The zero-order chi connectivity index (χ0) is 13.1. The summed E-state index contributed by atoms with van der Waals surface area (Å²) < 4.78 is 23.4. The Kier molecular flexibility index (Phi) is 2.18. The largest absolute Gasteiger partial charge is 0.342 e. The molecule has 1 saturated carbocycles. The first-order valence-corrected chi connectivity index (χ1v) is 7.87. The Morgan fingerprint density at radius 3 is 2.61 bits per heavy atom. The summed E-state index contributed by atoms with van der Waals surface area (Å²) in [6, 6.07) is 5.23. The molecule has 1 atom stereocenters. The summed E-state index contributed by atoms with van der Waals surface area (Å²) >= 11 is 0. The maximum Gasteiger partial charge on any atom is 0.177 e. The van der Waals surface area contributed by atoms with Gasteiger partial charge in [-0.2, -0.15) is 0 Å². The van der Waals surface area contributed by atoms with Gasteiger partial charge in [0.25, 0.3) is 0 Å². The van der Waals surface area contributed by atoms with Crippen LogP contribution in [0, 0.1) is 5.41 Å². The van der Waals surface area contributed by atoms with E-state index in [2.05, 4.69) is 23.8 Å². The SMILES string of the molecule is CC1(C)CC1c1nc2c(S(C)(=O)=O)cccc2[nH]1. The lowest BCUT2D eigenvalue weighted by molar-refractivity contribution is 0.602. The quantitative estimate of drug-likeness (QED) is 0.906. The summed E-state index contributed by atoms with van der Waals surface area (Å²) in [5.74, 6) is 1.32. The molecule has 0 amide bonds. The highest BCUT2D eigenvalue weighted by molar-refractivity contribution is 7.91. The van der Waals surface area contributed by atoms with Gasteiger partial charge in [0.1, 0.15) is 11.3 Å². The van der Waals surface area contributed by atoms with Crippen molar-refractivity contribution in [3.8, 4) is 0 Å². The van der Waals surface area contributed by atoms with Crippen LogP contribution in [0.5, 0.6) is 0 Å². The highest BCUT2D eigenvalue weighted by atomic mass is 32.2. The molecule has 3 rings (SSSR count). The lowest BCUT2D eigenvalue weighted by atomic mass is 10.1. The summed E-state index contributed by atoms with van der Waals surface area (Å²) in [5, 5.41) is 0. The number of para-hydroxylation sites is 1. The van der Waals surface area contributed by atoms with Crippen molar-refractivity contribution in [3.63, 3.8) is 0 Å². The van der Waals surface area contributed by atoms with Gasteiger partial charge >= 0.3 is 0 Å². The van der Waals surface area contributed by atoms with E-state index in [1.807, 2.05) is 6.07 Å². The lowest BCUT2D eigenvalue weighted by Gasteiger charge is -1.98. The molecule has 1 aliphatic rings. The number of hydrogen-bond acceptors (Lipinski definition) is 3. The highest BCUT2D eigenvalue weighted by Gasteiger charge is 2.48. The molecule has 0 bridgehead atoms. The van der Waals surface area contributed by atoms with Crippen LogP contribution in [0.15, 0.2) is 23.1 Å². The van der Waals surface area contributed by atoms with E-state index < -0.39 is 9.84 Å². The normalized spacial score (nSPS) is 22.3. The third-order valence-corrected chi connectivity index (χ3v) is 4.87. The van der Waals surface area contributed by atoms with Crippen LogP contribution in [-0.2, 0) is 9.84 Å². The summed E-state index contributed by atoms with van der Waals surface area (Å²) in [4.78, 5) is 8.06. The second-order valence-corrected chi connectivity index (χ2v) is 7.78. The van der Waals surface area contributed by atoms with Crippen LogP contribution in [0.3, 0.4) is 0 Å². The minimum atomic E-state index is -3.23. The summed E-state index contributed by atoms with van der Waals surface area (Å²) in [5.41, 5.74) is 1.65. The van der Waals surface area contributed by atoms with Crippen molar-refractivity contribution in [1.82, 2.24) is 9.97 Å². The van der Waals surface area contributed by atoms with Gasteiger partial charge in [0.2, 0.25) is 0 Å². The zero-order valence-corrected chi connectivity index (χ0v) is 11.5. The van der Waals surface area contributed by atoms with Crippen LogP contribution < -0.4 is 0 Å². The first-order valence-electron chi connectivity index (χ1n) is 5.98. The molecule has 1 fully saturated rings. The molecular weight excluding hydrogens is 248 g/mol. The van der Waals surface area contributed by atoms with E-state index in [0.717, 1.165) is 17.8 Å². The van der Waals surface area contributed by atoms with Gasteiger partial charge in [-0.15, -0.1) is 0 Å². The predicted octanol–water partition coefficient (Wildman–Crippen LogP) is 2.48. The molecule has 2 aromatic rings. The minimum Gasteiger partial charge on any atom is -0.342 e. The summed E-state index contributed by atoms with van der Waals surface area (Å²) in [6.07, 6.45) is 2.32. The average molecular weight is 264 g/mol. The van der Waals surface area contributed by atoms with Crippen molar-refractivity contribution in [2.24, 2.45) is 5.41 Å². The van der Waals surface area contributed by atoms with Crippen molar-refractivity contribution < 1.29 is 8.42 Å². The number of hydrogen-bond donors (Lipinski definition) is 1. The number of sulfone groups is 1. The van der Waals surface area contributed by atoms with Crippen molar-refractivity contribution in [1.29, 1.82) is 0 Å². The number of H-pyrrole nitrogens is 1. The predicted molar refractivity (Wildman–Crippen MR) is 70.3 cm³/mol. The van der Waals surface area contributed by atoms with Crippen LogP contribution in [0.25, 0.3) is 11.0 Å². The number of imidazole rings is 1. The van der Waals surface area contributed by atoms with Crippen LogP contribution in [0.4, 0.5) is 0 Å². The zero-order valence-electron chi connectivity index (χ0n) is 10.7.